The van der Waals surface area contributed by atoms with Gasteiger partial charge in [0.15, 0.2) is 6.61 Å². The summed E-state index contributed by atoms with van der Waals surface area (Å²) in [6, 6.07) is 26.5. The summed E-state index contributed by atoms with van der Waals surface area (Å²) in [5.41, 5.74) is 1.92. The molecule has 0 heterocycles. The molecule has 0 saturated carbocycles. The molecule has 4 aromatic carbocycles. The van der Waals surface area contributed by atoms with Crippen molar-refractivity contribution in [2.45, 2.75) is 11.8 Å². The number of fused-ring (bicyclic) bond motifs is 1. The number of sulfonamides is 1. The molecule has 0 fully saturated rings. The molecule has 4 rings (SSSR count). The molecule has 0 radical (unpaired) electrons. The predicted molar refractivity (Wildman–Crippen MR) is 127 cm³/mol. The Hall–Kier alpha value is -3.84. The van der Waals surface area contributed by atoms with E-state index in [9.17, 15) is 13.2 Å². The van der Waals surface area contributed by atoms with Crippen LogP contribution in [0, 0.1) is 6.92 Å². The molecular formula is C25H22N2O4S. The maximum atomic E-state index is 12.6. The molecule has 0 bridgehead atoms. The lowest BCUT2D eigenvalue weighted by molar-refractivity contribution is -0.118. The molecule has 6 nitrogen and oxygen atoms in total. The number of rotatable bonds is 7. The number of hydrogen-bond donors (Lipinski definition) is 2. The van der Waals surface area contributed by atoms with E-state index in [0.717, 1.165) is 16.3 Å². The summed E-state index contributed by atoms with van der Waals surface area (Å²) < 4.78 is 33.4. The highest BCUT2D eigenvalue weighted by Gasteiger charge is 2.14. The van der Waals surface area contributed by atoms with Crippen molar-refractivity contribution in [3.8, 4) is 5.75 Å². The SMILES string of the molecule is Cc1cccc(NS(=O)(=O)c2ccc(NC(=O)COc3cccc4ccccc34)cc2)c1. The zero-order valence-electron chi connectivity index (χ0n) is 17.4. The number of aryl methyl sites for hydroxylation is 1. The van der Waals surface area contributed by atoms with E-state index in [0.29, 0.717) is 17.1 Å². The molecule has 162 valence electrons. The molecule has 0 atom stereocenters. The Kier molecular flexibility index (Phi) is 6.09. The molecular weight excluding hydrogens is 424 g/mol. The number of nitrogens with one attached hydrogen (secondary N) is 2. The van der Waals surface area contributed by atoms with Crippen LogP contribution in [0.1, 0.15) is 5.56 Å². The van der Waals surface area contributed by atoms with Crippen LogP contribution in [0.3, 0.4) is 0 Å². The second-order valence-corrected chi connectivity index (χ2v) is 9.00. The van der Waals surface area contributed by atoms with E-state index in [-0.39, 0.29) is 17.4 Å². The number of hydrogen-bond acceptors (Lipinski definition) is 4. The summed E-state index contributed by atoms with van der Waals surface area (Å²) >= 11 is 0. The van der Waals surface area contributed by atoms with Crippen molar-refractivity contribution in [3.63, 3.8) is 0 Å². The Balaban J connectivity index is 1.38. The maximum Gasteiger partial charge on any atom is 0.262 e. The molecule has 0 aliphatic carbocycles. The molecule has 0 aromatic heterocycles. The van der Waals surface area contributed by atoms with Crippen LogP contribution < -0.4 is 14.8 Å². The van der Waals surface area contributed by atoms with Gasteiger partial charge < -0.3 is 10.1 Å². The zero-order chi connectivity index (χ0) is 22.6. The van der Waals surface area contributed by atoms with Gasteiger partial charge in [-0.1, -0.05) is 48.5 Å². The molecule has 4 aromatic rings. The largest absolute Gasteiger partial charge is 0.483 e. The Bertz CT molecular complexity index is 1360. The van der Waals surface area contributed by atoms with Gasteiger partial charge in [0, 0.05) is 16.8 Å². The fraction of sp³-hybridized carbons (Fsp3) is 0.0800. The van der Waals surface area contributed by atoms with Crippen molar-refractivity contribution in [3.05, 3.63) is 96.6 Å². The quantitative estimate of drug-likeness (QED) is 0.420. The lowest BCUT2D eigenvalue weighted by Crippen LogP contribution is -2.20. The summed E-state index contributed by atoms with van der Waals surface area (Å²) in [6.45, 7) is 1.72. The van der Waals surface area contributed by atoms with Gasteiger partial charge in [-0.25, -0.2) is 8.42 Å². The maximum absolute atomic E-state index is 12.6. The van der Waals surface area contributed by atoms with Gasteiger partial charge in [0.1, 0.15) is 5.75 Å². The van der Waals surface area contributed by atoms with Crippen molar-refractivity contribution in [2.75, 3.05) is 16.6 Å². The predicted octanol–water partition coefficient (Wildman–Crippen LogP) is 4.97. The number of benzene rings is 4. The number of amides is 1. The van der Waals surface area contributed by atoms with E-state index in [1.54, 1.807) is 30.3 Å². The Morgan fingerprint density at radius 1 is 0.844 bits per heavy atom. The minimum Gasteiger partial charge on any atom is -0.483 e. The van der Waals surface area contributed by atoms with E-state index in [2.05, 4.69) is 10.0 Å². The van der Waals surface area contributed by atoms with E-state index < -0.39 is 10.0 Å². The first-order chi connectivity index (χ1) is 15.4. The number of carbonyl (C=O) groups is 1. The van der Waals surface area contributed by atoms with Crippen LogP contribution in [0.5, 0.6) is 5.75 Å². The molecule has 0 spiro atoms. The number of carbonyl (C=O) groups excluding carboxylic acids is 1. The fourth-order valence-electron chi connectivity index (χ4n) is 3.30. The van der Waals surface area contributed by atoms with Crippen LogP contribution in [0.4, 0.5) is 11.4 Å². The molecule has 7 heteroatoms. The molecule has 2 N–H and O–H groups in total. The summed E-state index contributed by atoms with van der Waals surface area (Å²) in [5.74, 6) is 0.286. The third-order valence-electron chi connectivity index (χ3n) is 4.83. The van der Waals surface area contributed by atoms with Crippen molar-refractivity contribution in [1.82, 2.24) is 0 Å². The topological polar surface area (TPSA) is 84.5 Å². The minimum atomic E-state index is -3.73. The molecule has 32 heavy (non-hydrogen) atoms. The summed E-state index contributed by atoms with van der Waals surface area (Å²) in [7, 11) is -3.73. The Morgan fingerprint density at radius 2 is 1.56 bits per heavy atom. The van der Waals surface area contributed by atoms with Crippen LogP contribution in [-0.2, 0) is 14.8 Å². The van der Waals surface area contributed by atoms with Gasteiger partial charge in [-0.15, -0.1) is 0 Å². The van der Waals surface area contributed by atoms with Gasteiger partial charge in [0.2, 0.25) is 0 Å². The molecule has 0 saturated heterocycles. The van der Waals surface area contributed by atoms with E-state index in [1.165, 1.54) is 12.1 Å². The third-order valence-corrected chi connectivity index (χ3v) is 6.22. The van der Waals surface area contributed by atoms with Crippen molar-refractivity contribution in [2.24, 2.45) is 0 Å². The number of ether oxygens (including phenoxy) is 1. The van der Waals surface area contributed by atoms with E-state index in [4.69, 9.17) is 4.74 Å². The standard InChI is InChI=1S/C25H22N2O4S/c1-18-6-4-9-21(16-18)27-32(29,30)22-14-12-20(13-15-22)26-25(28)17-31-24-11-5-8-19-7-2-3-10-23(19)24/h2-16,27H,17H2,1H3,(H,26,28). The van der Waals surface area contributed by atoms with Gasteiger partial charge in [0.25, 0.3) is 15.9 Å². The average molecular weight is 447 g/mol. The van der Waals surface area contributed by atoms with Crippen LogP contribution in [0.15, 0.2) is 95.9 Å². The van der Waals surface area contributed by atoms with Crippen molar-refractivity contribution < 1.29 is 17.9 Å². The minimum absolute atomic E-state index is 0.101. The summed E-state index contributed by atoms with van der Waals surface area (Å²) in [5, 5.41) is 4.68. The Labute approximate surface area is 186 Å². The van der Waals surface area contributed by atoms with Crippen molar-refractivity contribution >= 4 is 38.1 Å². The fourth-order valence-corrected chi connectivity index (χ4v) is 4.35. The van der Waals surface area contributed by atoms with Gasteiger partial charge >= 0.3 is 0 Å². The first-order valence-corrected chi connectivity index (χ1v) is 11.5. The number of anilines is 2. The van der Waals surface area contributed by atoms with E-state index in [1.807, 2.05) is 55.5 Å². The summed E-state index contributed by atoms with van der Waals surface area (Å²) in [4.78, 5) is 12.4. The zero-order valence-corrected chi connectivity index (χ0v) is 18.2. The molecule has 0 unspecified atom stereocenters. The highest BCUT2D eigenvalue weighted by atomic mass is 32.2. The molecule has 0 aliphatic rings. The summed E-state index contributed by atoms with van der Waals surface area (Å²) in [6.07, 6.45) is 0. The first kappa shape index (κ1) is 21.4. The lowest BCUT2D eigenvalue weighted by Gasteiger charge is -2.11. The van der Waals surface area contributed by atoms with Crippen molar-refractivity contribution in [1.29, 1.82) is 0 Å². The highest BCUT2D eigenvalue weighted by molar-refractivity contribution is 7.92. The highest BCUT2D eigenvalue weighted by Crippen LogP contribution is 2.25. The second kappa shape index (κ2) is 9.11. The third kappa shape index (κ3) is 5.07. The van der Waals surface area contributed by atoms with Gasteiger partial charge in [-0.05, 0) is 60.3 Å². The van der Waals surface area contributed by atoms with E-state index >= 15 is 0 Å². The molecule has 1 amide bonds. The van der Waals surface area contributed by atoms with Crippen LogP contribution >= 0.6 is 0 Å². The first-order valence-electron chi connectivity index (χ1n) is 10.0. The van der Waals surface area contributed by atoms with Gasteiger partial charge in [-0.2, -0.15) is 0 Å². The normalized spacial score (nSPS) is 11.2. The van der Waals surface area contributed by atoms with Gasteiger partial charge in [-0.3, -0.25) is 9.52 Å². The van der Waals surface area contributed by atoms with Gasteiger partial charge in [0.05, 0.1) is 4.90 Å². The van der Waals surface area contributed by atoms with Crippen LogP contribution in [0.25, 0.3) is 10.8 Å². The second-order valence-electron chi connectivity index (χ2n) is 7.31. The van der Waals surface area contributed by atoms with Crippen LogP contribution in [-0.4, -0.2) is 20.9 Å². The lowest BCUT2D eigenvalue weighted by atomic mass is 10.1. The smallest absolute Gasteiger partial charge is 0.262 e. The van der Waals surface area contributed by atoms with Crippen LogP contribution in [0.2, 0.25) is 0 Å². The monoisotopic (exact) mass is 446 g/mol. The Morgan fingerprint density at radius 3 is 2.34 bits per heavy atom. The average Bonchev–Trinajstić information content (AvgIpc) is 2.78. The molecule has 0 aliphatic heterocycles.